The largest absolute Gasteiger partial charge is 0.462 e. The summed E-state index contributed by atoms with van der Waals surface area (Å²) in [6.07, 6.45) is 2.82. The van der Waals surface area contributed by atoms with Crippen LogP contribution in [0.25, 0.3) is 0 Å². The fourth-order valence-electron chi connectivity index (χ4n) is 13.9. The second kappa shape index (κ2) is 37.9. The van der Waals surface area contributed by atoms with Gasteiger partial charge >= 0.3 is 53.8 Å². The molecule has 23 nitrogen and oxygen atoms in total. The average molecular weight is 1420 g/mol. The minimum Gasteiger partial charge on any atom is -0.462 e. The van der Waals surface area contributed by atoms with Crippen LogP contribution >= 0.6 is 21.6 Å². The highest BCUT2D eigenvalue weighted by atomic mass is 33.1. The van der Waals surface area contributed by atoms with Gasteiger partial charge in [-0.2, -0.15) is 0 Å². The molecule has 2 aromatic rings. The molecule has 0 spiro atoms. The number of unbranched alkanes of at least 4 members (excludes halogenated alkanes) is 12. The van der Waals surface area contributed by atoms with Gasteiger partial charge in [0, 0.05) is 69.8 Å². The number of hydrogen-bond acceptors (Lipinski definition) is 24. The Kier molecular flexibility index (Phi) is 31.2. The topological polar surface area (TPSA) is 315 Å². The lowest BCUT2D eigenvalue weighted by Crippen LogP contribution is -2.82. The molecule has 3 aliphatic carbocycles. The van der Waals surface area contributed by atoms with Crippen LogP contribution < -0.4 is 5.32 Å². The second-order valence-electron chi connectivity index (χ2n) is 28.1. The van der Waals surface area contributed by atoms with Crippen LogP contribution in [0.4, 0.5) is 4.79 Å². The summed E-state index contributed by atoms with van der Waals surface area (Å²) in [6.45, 7) is 15.6. The van der Waals surface area contributed by atoms with Crippen molar-refractivity contribution >= 4 is 81.2 Å². The molecular formula is C74H105NO22S2. The smallest absolute Gasteiger partial charge is 0.408 e. The van der Waals surface area contributed by atoms with E-state index in [4.69, 9.17) is 47.4 Å². The van der Waals surface area contributed by atoms with Crippen molar-refractivity contribution in [2.24, 2.45) is 16.7 Å². The molecule has 99 heavy (non-hydrogen) atoms. The molecule has 0 radical (unpaired) electrons. The first kappa shape index (κ1) is 81.4. The summed E-state index contributed by atoms with van der Waals surface area (Å²) in [6, 6.07) is 14.4. The molecule has 1 amide bonds. The van der Waals surface area contributed by atoms with E-state index in [9.17, 15) is 48.6 Å². The molecule has 1 heterocycles. The Labute approximate surface area is 590 Å². The number of benzene rings is 2. The predicted octanol–water partition coefficient (Wildman–Crippen LogP) is 11.8. The Bertz CT molecular complexity index is 3100. The SMILES string of the molecule is CCCCCCCCCCCCCCCC(=O)OCC(COC(C)=O)OC(=O)CCCSSCCCC(=O)O[C@@H](C(=O)O[C@H]1C[C@@]2(O)[C@@H](OC(=O)c3ccccc3)[C@@H]3[C@]4(OC(C)=O)CO[C@@H]4C[C@H](O)[C@@]3(C)C(=O)[C@H](OC(C)=O)C(=C1C)C2(C)C)[C@@H](NC(=O)OC(C)(C)C)c1ccccc1. The van der Waals surface area contributed by atoms with Gasteiger partial charge in [0.05, 0.1) is 29.6 Å². The lowest BCUT2D eigenvalue weighted by Gasteiger charge is -2.67. The van der Waals surface area contributed by atoms with Crippen LogP contribution in [0.15, 0.2) is 71.8 Å². The first-order valence-corrected chi connectivity index (χ1v) is 37.5. The first-order valence-electron chi connectivity index (χ1n) is 35.0. The Balaban J connectivity index is 1.16. The summed E-state index contributed by atoms with van der Waals surface area (Å²) in [5, 5.41) is 29.1. The molecule has 3 fully saturated rings. The van der Waals surface area contributed by atoms with Crippen LogP contribution in [0.3, 0.4) is 0 Å². The number of hydrogen-bond donors (Lipinski definition) is 3. The van der Waals surface area contributed by atoms with Gasteiger partial charge in [-0.15, -0.1) is 0 Å². The Morgan fingerprint density at radius 3 is 1.76 bits per heavy atom. The van der Waals surface area contributed by atoms with Crippen molar-refractivity contribution in [1.29, 1.82) is 0 Å². The Hall–Kier alpha value is -6.54. The van der Waals surface area contributed by atoms with E-state index in [1.54, 1.807) is 69.3 Å². The van der Waals surface area contributed by atoms with Crippen molar-refractivity contribution < 1.29 is 106 Å². The Morgan fingerprint density at radius 1 is 0.677 bits per heavy atom. The van der Waals surface area contributed by atoms with Crippen LogP contribution in [0.5, 0.6) is 0 Å². The van der Waals surface area contributed by atoms with Crippen LogP contribution in [-0.2, 0) is 85.7 Å². The van der Waals surface area contributed by atoms with Gasteiger partial charge in [-0.05, 0) is 82.7 Å². The Morgan fingerprint density at radius 2 is 1.22 bits per heavy atom. The molecule has 0 aromatic heterocycles. The maximum absolute atomic E-state index is 15.9. The molecule has 25 heteroatoms. The molecule has 550 valence electrons. The number of fused-ring (bicyclic) bond motifs is 5. The zero-order chi connectivity index (χ0) is 72.7. The van der Waals surface area contributed by atoms with Gasteiger partial charge in [0.1, 0.15) is 48.8 Å². The fourth-order valence-corrected chi connectivity index (χ4v) is 16.1. The maximum Gasteiger partial charge on any atom is 0.408 e. The van der Waals surface area contributed by atoms with Crippen LogP contribution in [0.1, 0.15) is 227 Å². The number of Topliss-reactive ketones (excluding diaryl/α,β-unsaturated/α-hetero) is 1. The number of nitrogens with one attached hydrogen (secondary N) is 1. The summed E-state index contributed by atoms with van der Waals surface area (Å²) >= 11 is 0. The highest BCUT2D eigenvalue weighted by Crippen LogP contribution is 2.64. The summed E-state index contributed by atoms with van der Waals surface area (Å²) in [5.41, 5.74) is -8.99. The van der Waals surface area contributed by atoms with Gasteiger partial charge < -0.3 is 62.9 Å². The highest BCUT2D eigenvalue weighted by molar-refractivity contribution is 8.76. The van der Waals surface area contributed by atoms with E-state index in [1.807, 2.05) is 0 Å². The fraction of sp³-hybridized carbons (Fsp3) is 0.676. The van der Waals surface area contributed by atoms with E-state index in [2.05, 4.69) is 12.2 Å². The van der Waals surface area contributed by atoms with Crippen molar-refractivity contribution in [2.75, 3.05) is 31.3 Å². The maximum atomic E-state index is 15.9. The molecule has 2 saturated carbocycles. The number of alkyl carbamates (subject to hydrolysis) is 1. The van der Waals surface area contributed by atoms with Crippen molar-refractivity contribution in [3.63, 3.8) is 0 Å². The standard InChI is InChI=1S/C74H105NO22S2/c1-12-13-14-15-16-17-18-19-20-21-22-23-30-37-57(80)89-45-53(44-88-48(3)76)92-58(81)38-31-40-98-99-41-32-39-59(82)94-63(61(51-33-26-24-27-34-51)75-69(86)97-70(6,7)8)68(85)93-54-43-74(87)66(95-67(84)52-35-28-25-29-36-52)64-72(11,55(79)42-56-73(64,46-90-56)96-50(5)78)65(83)62(91-49(4)77)60(47(54)2)71(74,9)10/h24-29,33-36,53-56,61-64,66,79,87H,12-23,30-32,37-46H2,1-11H3,(H,75,86)/t53?,54-,55-,56+,61-,62+,63+,64-,66-,72+,73-,74+/m0/s1. The molecule has 4 aliphatic rings. The summed E-state index contributed by atoms with van der Waals surface area (Å²) < 4.78 is 58.8. The zero-order valence-electron chi connectivity index (χ0n) is 59.5. The molecule has 12 atom stereocenters. The minimum atomic E-state index is -2.51. The number of carbonyl (C=O) groups is 10. The first-order chi connectivity index (χ1) is 46.9. The van der Waals surface area contributed by atoms with E-state index >= 15 is 9.59 Å². The molecule has 1 unspecified atom stereocenters. The summed E-state index contributed by atoms with van der Waals surface area (Å²) in [5.74, 6) is -8.12. The van der Waals surface area contributed by atoms with E-state index in [0.717, 1.165) is 33.1 Å². The number of amides is 1. The number of carbonyl (C=O) groups excluding carboxylic acids is 10. The number of rotatable bonds is 38. The number of aliphatic hydroxyl groups is 2. The van der Waals surface area contributed by atoms with Gasteiger partial charge in [0.25, 0.3) is 0 Å². The molecule has 1 aliphatic heterocycles. The van der Waals surface area contributed by atoms with Gasteiger partial charge in [0.2, 0.25) is 6.10 Å². The summed E-state index contributed by atoms with van der Waals surface area (Å²) in [7, 11) is 2.84. The van der Waals surface area contributed by atoms with Gasteiger partial charge in [-0.25, -0.2) is 14.4 Å². The molecular weight excluding hydrogens is 1320 g/mol. The van der Waals surface area contributed by atoms with Crippen LogP contribution in [-0.4, -0.2) is 161 Å². The monoisotopic (exact) mass is 1420 g/mol. The molecule has 2 bridgehead atoms. The lowest BCUT2D eigenvalue weighted by atomic mass is 9.44. The third-order valence-electron chi connectivity index (χ3n) is 19.1. The number of esters is 8. The molecule has 6 rings (SSSR count). The number of ketones is 1. The normalized spacial score (nSPS) is 24.6. The number of ether oxygens (including phenoxy) is 10. The second-order valence-corrected chi connectivity index (χ2v) is 30.8. The summed E-state index contributed by atoms with van der Waals surface area (Å²) in [4.78, 5) is 138. The highest BCUT2D eigenvalue weighted by Gasteiger charge is 2.78. The van der Waals surface area contributed by atoms with E-state index in [0.29, 0.717) is 24.3 Å². The van der Waals surface area contributed by atoms with Gasteiger partial charge in [0.15, 0.2) is 23.6 Å². The molecule has 3 N–H and O–H groups in total. The van der Waals surface area contributed by atoms with Crippen molar-refractivity contribution in [3.8, 4) is 0 Å². The molecule has 2 aromatic carbocycles. The van der Waals surface area contributed by atoms with Crippen molar-refractivity contribution in [1.82, 2.24) is 5.32 Å². The minimum absolute atomic E-state index is 0.0131. The lowest BCUT2D eigenvalue weighted by molar-refractivity contribution is -0.346. The average Bonchev–Trinajstić information content (AvgIpc) is 0.670. The predicted molar refractivity (Wildman–Crippen MR) is 368 cm³/mol. The third kappa shape index (κ3) is 22.2. The number of aliphatic hydroxyl groups excluding tert-OH is 1. The zero-order valence-corrected chi connectivity index (χ0v) is 61.2. The third-order valence-corrected chi connectivity index (χ3v) is 21.6. The van der Waals surface area contributed by atoms with Crippen LogP contribution in [0, 0.1) is 16.7 Å². The van der Waals surface area contributed by atoms with E-state index < -0.39 is 148 Å². The van der Waals surface area contributed by atoms with Gasteiger partial charge in [-0.3, -0.25) is 33.6 Å². The van der Waals surface area contributed by atoms with Crippen molar-refractivity contribution in [2.45, 2.75) is 270 Å². The van der Waals surface area contributed by atoms with Gasteiger partial charge in [-0.1, -0.05) is 168 Å². The van der Waals surface area contributed by atoms with Crippen LogP contribution in [0.2, 0.25) is 0 Å². The van der Waals surface area contributed by atoms with E-state index in [-0.39, 0.29) is 74.2 Å². The molecule has 1 saturated heterocycles. The van der Waals surface area contributed by atoms with Crippen molar-refractivity contribution in [3.05, 3.63) is 82.9 Å². The quantitative estimate of drug-likeness (QED) is 0.0185. The van der Waals surface area contributed by atoms with E-state index in [1.165, 1.54) is 126 Å².